The molecule has 0 radical (unpaired) electrons. The van der Waals surface area contributed by atoms with Gasteiger partial charge in [-0.05, 0) is 34.7 Å². The van der Waals surface area contributed by atoms with Crippen molar-refractivity contribution < 1.29 is 9.13 Å². The summed E-state index contributed by atoms with van der Waals surface area (Å²) < 4.78 is 18.5. The number of rotatable bonds is 3. The van der Waals surface area contributed by atoms with Gasteiger partial charge in [0, 0.05) is 17.8 Å². The number of pyridine rings is 1. The SMILES string of the molecule is COc1cc(C(N)c2cccc3cnccc23)ccc1F. The molecule has 0 aliphatic rings. The van der Waals surface area contributed by atoms with Gasteiger partial charge in [0.1, 0.15) is 0 Å². The second kappa shape index (κ2) is 5.50. The Balaban J connectivity index is 2.10. The molecule has 1 aromatic heterocycles. The summed E-state index contributed by atoms with van der Waals surface area (Å²) in [6.07, 6.45) is 3.54. The van der Waals surface area contributed by atoms with E-state index in [0.717, 1.165) is 21.9 Å². The van der Waals surface area contributed by atoms with Gasteiger partial charge in [-0.25, -0.2) is 4.39 Å². The molecule has 1 atom stereocenters. The van der Waals surface area contributed by atoms with Gasteiger partial charge in [-0.2, -0.15) is 0 Å². The molecule has 4 heteroatoms. The molecule has 0 aliphatic carbocycles. The summed E-state index contributed by atoms with van der Waals surface area (Å²) >= 11 is 0. The molecule has 106 valence electrons. The van der Waals surface area contributed by atoms with E-state index in [-0.39, 0.29) is 11.8 Å². The van der Waals surface area contributed by atoms with Crippen molar-refractivity contribution in [3.05, 3.63) is 71.8 Å². The normalized spacial score (nSPS) is 12.3. The lowest BCUT2D eigenvalue weighted by Crippen LogP contribution is -2.12. The number of ether oxygens (including phenoxy) is 1. The van der Waals surface area contributed by atoms with Gasteiger partial charge in [-0.15, -0.1) is 0 Å². The molecular formula is C17H15FN2O. The first-order chi connectivity index (χ1) is 10.2. The summed E-state index contributed by atoms with van der Waals surface area (Å²) in [4.78, 5) is 4.11. The molecule has 0 fully saturated rings. The standard InChI is InChI=1S/C17H15FN2O/c1-21-16-9-11(5-6-15(16)18)17(19)14-4-2-3-12-10-20-8-7-13(12)14/h2-10,17H,19H2,1H3. The number of hydrogen-bond donors (Lipinski definition) is 1. The number of halogens is 1. The Morgan fingerprint density at radius 3 is 2.86 bits per heavy atom. The van der Waals surface area contributed by atoms with E-state index in [0.29, 0.717) is 0 Å². The molecule has 0 aliphatic heterocycles. The number of benzene rings is 2. The number of nitrogens with two attached hydrogens (primary N) is 1. The van der Waals surface area contributed by atoms with Gasteiger partial charge in [-0.1, -0.05) is 24.3 Å². The van der Waals surface area contributed by atoms with Crippen molar-refractivity contribution >= 4 is 10.8 Å². The van der Waals surface area contributed by atoms with Crippen LogP contribution in [0, 0.1) is 5.82 Å². The van der Waals surface area contributed by atoms with Crippen molar-refractivity contribution in [2.45, 2.75) is 6.04 Å². The Morgan fingerprint density at radius 1 is 1.19 bits per heavy atom. The minimum Gasteiger partial charge on any atom is -0.494 e. The zero-order valence-corrected chi connectivity index (χ0v) is 11.6. The summed E-state index contributed by atoms with van der Waals surface area (Å²) in [5.74, 6) is -0.194. The first kappa shape index (κ1) is 13.5. The highest BCUT2D eigenvalue weighted by atomic mass is 19.1. The second-order valence-corrected chi connectivity index (χ2v) is 4.82. The highest BCUT2D eigenvalue weighted by Crippen LogP contribution is 2.29. The van der Waals surface area contributed by atoms with E-state index in [4.69, 9.17) is 10.5 Å². The van der Waals surface area contributed by atoms with Crippen LogP contribution >= 0.6 is 0 Å². The molecule has 2 aromatic carbocycles. The van der Waals surface area contributed by atoms with E-state index in [1.165, 1.54) is 13.2 Å². The van der Waals surface area contributed by atoms with E-state index in [1.54, 1.807) is 24.5 Å². The Morgan fingerprint density at radius 2 is 2.05 bits per heavy atom. The van der Waals surface area contributed by atoms with Gasteiger partial charge < -0.3 is 10.5 Å². The van der Waals surface area contributed by atoms with Crippen LogP contribution in [0.15, 0.2) is 54.9 Å². The molecule has 1 heterocycles. The molecule has 0 saturated carbocycles. The van der Waals surface area contributed by atoms with Crippen molar-refractivity contribution in [3.8, 4) is 5.75 Å². The third-order valence-corrected chi connectivity index (χ3v) is 3.58. The van der Waals surface area contributed by atoms with E-state index >= 15 is 0 Å². The molecule has 0 saturated heterocycles. The van der Waals surface area contributed by atoms with E-state index in [1.807, 2.05) is 24.3 Å². The highest BCUT2D eigenvalue weighted by molar-refractivity contribution is 5.85. The summed E-state index contributed by atoms with van der Waals surface area (Å²) in [6, 6.07) is 12.2. The minimum absolute atomic E-state index is 0.199. The molecule has 0 spiro atoms. The van der Waals surface area contributed by atoms with Gasteiger partial charge in [-0.3, -0.25) is 4.98 Å². The van der Waals surface area contributed by atoms with Crippen LogP contribution in [0.1, 0.15) is 17.2 Å². The number of hydrogen-bond acceptors (Lipinski definition) is 3. The van der Waals surface area contributed by atoms with Gasteiger partial charge in [0.25, 0.3) is 0 Å². The summed E-state index contributed by atoms with van der Waals surface area (Å²) in [6.45, 7) is 0. The fourth-order valence-electron chi connectivity index (χ4n) is 2.47. The van der Waals surface area contributed by atoms with E-state index in [2.05, 4.69) is 4.98 Å². The Labute approximate surface area is 122 Å². The van der Waals surface area contributed by atoms with Crippen LogP contribution in [0.2, 0.25) is 0 Å². The third kappa shape index (κ3) is 2.45. The van der Waals surface area contributed by atoms with E-state index in [9.17, 15) is 4.39 Å². The van der Waals surface area contributed by atoms with Gasteiger partial charge in [0.15, 0.2) is 11.6 Å². The number of fused-ring (bicyclic) bond motifs is 1. The van der Waals surface area contributed by atoms with Crippen molar-refractivity contribution in [1.82, 2.24) is 4.98 Å². The van der Waals surface area contributed by atoms with Crippen LogP contribution in [0.4, 0.5) is 4.39 Å². The number of methoxy groups -OCH3 is 1. The molecule has 3 nitrogen and oxygen atoms in total. The predicted octanol–water partition coefficient (Wildman–Crippen LogP) is 3.43. The largest absolute Gasteiger partial charge is 0.494 e. The van der Waals surface area contributed by atoms with Crippen molar-refractivity contribution in [2.24, 2.45) is 5.73 Å². The molecule has 3 rings (SSSR count). The summed E-state index contributed by atoms with van der Waals surface area (Å²) in [5.41, 5.74) is 8.14. The molecular weight excluding hydrogens is 267 g/mol. The van der Waals surface area contributed by atoms with Crippen LogP contribution in [0.25, 0.3) is 10.8 Å². The molecule has 1 unspecified atom stereocenters. The van der Waals surface area contributed by atoms with E-state index < -0.39 is 5.82 Å². The minimum atomic E-state index is -0.393. The maximum Gasteiger partial charge on any atom is 0.165 e. The number of aromatic nitrogens is 1. The molecule has 2 N–H and O–H groups in total. The monoisotopic (exact) mass is 282 g/mol. The topological polar surface area (TPSA) is 48.1 Å². The maximum atomic E-state index is 13.5. The first-order valence-corrected chi connectivity index (χ1v) is 6.62. The van der Waals surface area contributed by atoms with Gasteiger partial charge in [0.2, 0.25) is 0 Å². The summed E-state index contributed by atoms with van der Waals surface area (Å²) in [7, 11) is 1.44. The first-order valence-electron chi connectivity index (χ1n) is 6.62. The Hall–Kier alpha value is -2.46. The zero-order chi connectivity index (χ0) is 14.8. The predicted molar refractivity (Wildman–Crippen MR) is 80.7 cm³/mol. The molecule has 0 bridgehead atoms. The zero-order valence-electron chi connectivity index (χ0n) is 11.6. The lowest BCUT2D eigenvalue weighted by molar-refractivity contribution is 0.385. The summed E-state index contributed by atoms with van der Waals surface area (Å²) in [5, 5.41) is 2.07. The van der Waals surface area contributed by atoms with Crippen LogP contribution in [0.5, 0.6) is 5.75 Å². The second-order valence-electron chi connectivity index (χ2n) is 4.82. The quantitative estimate of drug-likeness (QED) is 0.800. The highest BCUT2D eigenvalue weighted by Gasteiger charge is 2.14. The van der Waals surface area contributed by atoms with Crippen LogP contribution in [-0.2, 0) is 0 Å². The van der Waals surface area contributed by atoms with Gasteiger partial charge >= 0.3 is 0 Å². The lowest BCUT2D eigenvalue weighted by Gasteiger charge is -2.16. The molecule has 21 heavy (non-hydrogen) atoms. The smallest absolute Gasteiger partial charge is 0.165 e. The Kier molecular flexibility index (Phi) is 3.54. The van der Waals surface area contributed by atoms with Crippen molar-refractivity contribution in [1.29, 1.82) is 0 Å². The fraction of sp³-hybridized carbons (Fsp3) is 0.118. The molecule has 3 aromatic rings. The lowest BCUT2D eigenvalue weighted by atomic mass is 9.95. The third-order valence-electron chi connectivity index (χ3n) is 3.58. The maximum absolute atomic E-state index is 13.5. The van der Waals surface area contributed by atoms with Crippen LogP contribution in [0.3, 0.4) is 0 Å². The number of nitrogens with zero attached hydrogens (tertiary/aromatic N) is 1. The Bertz CT molecular complexity index is 783. The average Bonchev–Trinajstić information content (AvgIpc) is 2.54. The fourth-order valence-corrected chi connectivity index (χ4v) is 2.47. The van der Waals surface area contributed by atoms with Crippen LogP contribution < -0.4 is 10.5 Å². The average molecular weight is 282 g/mol. The molecule has 0 amide bonds. The van der Waals surface area contributed by atoms with Gasteiger partial charge in [0.05, 0.1) is 13.2 Å². The van der Waals surface area contributed by atoms with Crippen molar-refractivity contribution in [3.63, 3.8) is 0 Å². The van der Waals surface area contributed by atoms with Crippen molar-refractivity contribution in [2.75, 3.05) is 7.11 Å². The van der Waals surface area contributed by atoms with Crippen LogP contribution in [-0.4, -0.2) is 12.1 Å².